The monoisotopic (exact) mass is 352 g/mol. The molecule has 0 aliphatic carbocycles. The molecule has 1 N–H and O–H groups in total. The molecule has 0 aromatic heterocycles. The Labute approximate surface area is 145 Å². The number of nitrogens with zero attached hydrogens (tertiary/aromatic N) is 1. The minimum absolute atomic E-state index is 0.0584. The normalized spacial score (nSPS) is 17.2. The van der Waals surface area contributed by atoms with Gasteiger partial charge in [0.2, 0.25) is 15.9 Å². The first-order valence-corrected chi connectivity index (χ1v) is 10.1. The van der Waals surface area contributed by atoms with E-state index in [9.17, 15) is 13.2 Å². The summed E-state index contributed by atoms with van der Waals surface area (Å²) in [7, 11) is -3.45. The highest BCUT2D eigenvalue weighted by Crippen LogP contribution is 2.24. The van der Waals surface area contributed by atoms with Gasteiger partial charge in [-0.1, -0.05) is 31.5 Å². The molecule has 24 heavy (non-hydrogen) atoms. The molecular weight excluding hydrogens is 324 g/mol. The van der Waals surface area contributed by atoms with Gasteiger partial charge in [0.1, 0.15) is 0 Å². The number of aryl methyl sites for hydroxylation is 1. The number of benzene rings is 1. The van der Waals surface area contributed by atoms with Crippen LogP contribution in [0.5, 0.6) is 0 Å². The third kappa shape index (κ3) is 4.80. The van der Waals surface area contributed by atoms with Gasteiger partial charge in [0.05, 0.1) is 4.90 Å². The van der Waals surface area contributed by atoms with Gasteiger partial charge in [-0.2, -0.15) is 4.31 Å². The van der Waals surface area contributed by atoms with Crippen LogP contribution in [0.3, 0.4) is 0 Å². The Kier molecular flexibility index (Phi) is 6.40. The molecule has 1 amide bonds. The lowest BCUT2D eigenvalue weighted by Crippen LogP contribution is -2.43. The van der Waals surface area contributed by atoms with Gasteiger partial charge in [-0.3, -0.25) is 4.79 Å². The highest BCUT2D eigenvalue weighted by Gasteiger charge is 2.31. The number of carbonyl (C=O) groups is 1. The molecule has 134 valence electrons. The van der Waals surface area contributed by atoms with E-state index in [-0.39, 0.29) is 11.8 Å². The molecule has 0 unspecified atom stereocenters. The van der Waals surface area contributed by atoms with Crippen LogP contribution in [0.4, 0.5) is 0 Å². The zero-order valence-electron chi connectivity index (χ0n) is 14.8. The lowest BCUT2D eigenvalue weighted by molar-refractivity contribution is -0.126. The van der Waals surface area contributed by atoms with Crippen molar-refractivity contribution in [3.8, 4) is 0 Å². The summed E-state index contributed by atoms with van der Waals surface area (Å²) in [5, 5.41) is 2.97. The largest absolute Gasteiger partial charge is 0.356 e. The number of nitrogens with one attached hydrogen (secondary N) is 1. The van der Waals surface area contributed by atoms with Crippen LogP contribution in [-0.4, -0.2) is 38.3 Å². The summed E-state index contributed by atoms with van der Waals surface area (Å²) in [5.74, 6) is 0.538. The molecular formula is C18H28N2O3S. The molecule has 1 aliphatic rings. The topological polar surface area (TPSA) is 66.5 Å². The Balaban J connectivity index is 1.90. The molecule has 2 rings (SSSR count). The van der Waals surface area contributed by atoms with Crippen LogP contribution >= 0.6 is 0 Å². The van der Waals surface area contributed by atoms with Gasteiger partial charge in [-0.25, -0.2) is 8.42 Å². The predicted molar refractivity (Wildman–Crippen MR) is 95.1 cm³/mol. The highest BCUT2D eigenvalue weighted by molar-refractivity contribution is 7.89. The van der Waals surface area contributed by atoms with Crippen LogP contribution < -0.4 is 5.32 Å². The smallest absolute Gasteiger partial charge is 0.243 e. The molecule has 0 radical (unpaired) electrons. The van der Waals surface area contributed by atoms with Gasteiger partial charge in [-0.05, 0) is 44.2 Å². The molecule has 5 nitrogen and oxygen atoms in total. The van der Waals surface area contributed by atoms with Crippen molar-refractivity contribution in [1.29, 1.82) is 0 Å². The van der Waals surface area contributed by atoms with Crippen molar-refractivity contribution in [2.45, 2.75) is 44.9 Å². The van der Waals surface area contributed by atoms with E-state index >= 15 is 0 Å². The first-order chi connectivity index (χ1) is 11.3. The van der Waals surface area contributed by atoms with Crippen LogP contribution in [0.15, 0.2) is 29.2 Å². The molecule has 0 saturated carbocycles. The number of carbonyl (C=O) groups excluding carboxylic acids is 1. The summed E-state index contributed by atoms with van der Waals surface area (Å²) in [6, 6.07) is 6.91. The number of piperidine rings is 1. The zero-order chi connectivity index (χ0) is 17.7. The van der Waals surface area contributed by atoms with Gasteiger partial charge in [0.15, 0.2) is 0 Å². The number of sulfonamides is 1. The van der Waals surface area contributed by atoms with Crippen LogP contribution in [-0.2, 0) is 14.8 Å². The van der Waals surface area contributed by atoms with E-state index in [1.54, 1.807) is 12.1 Å². The third-order valence-corrected chi connectivity index (χ3v) is 6.42. The molecule has 1 saturated heterocycles. The quantitative estimate of drug-likeness (QED) is 0.856. The van der Waals surface area contributed by atoms with E-state index in [1.165, 1.54) is 4.31 Å². The van der Waals surface area contributed by atoms with Crippen molar-refractivity contribution < 1.29 is 13.2 Å². The van der Waals surface area contributed by atoms with E-state index in [0.29, 0.717) is 43.3 Å². The number of rotatable bonds is 6. The third-order valence-electron chi connectivity index (χ3n) is 4.50. The van der Waals surface area contributed by atoms with Crippen LogP contribution in [0.1, 0.15) is 38.7 Å². The first-order valence-electron chi connectivity index (χ1n) is 8.65. The molecule has 6 heteroatoms. The first kappa shape index (κ1) is 18.9. The maximum atomic E-state index is 12.6. The maximum Gasteiger partial charge on any atom is 0.243 e. The van der Waals surface area contributed by atoms with Gasteiger partial charge in [-0.15, -0.1) is 0 Å². The summed E-state index contributed by atoms with van der Waals surface area (Å²) < 4.78 is 26.8. The molecule has 1 fully saturated rings. The van der Waals surface area contributed by atoms with Crippen molar-refractivity contribution in [2.24, 2.45) is 11.8 Å². The van der Waals surface area contributed by atoms with E-state index in [4.69, 9.17) is 0 Å². The molecule has 1 aromatic rings. The summed E-state index contributed by atoms with van der Waals surface area (Å²) in [6.07, 6.45) is 2.13. The molecule has 1 heterocycles. The molecule has 1 aliphatic heterocycles. The summed E-state index contributed by atoms with van der Waals surface area (Å²) >= 11 is 0. The lowest BCUT2D eigenvalue weighted by atomic mass is 9.97. The fourth-order valence-electron chi connectivity index (χ4n) is 2.85. The van der Waals surface area contributed by atoms with Crippen molar-refractivity contribution in [3.05, 3.63) is 29.8 Å². The van der Waals surface area contributed by atoms with Crippen LogP contribution in [0, 0.1) is 18.8 Å². The maximum absolute atomic E-state index is 12.6. The van der Waals surface area contributed by atoms with E-state index in [2.05, 4.69) is 19.2 Å². The minimum atomic E-state index is -3.45. The van der Waals surface area contributed by atoms with Crippen molar-refractivity contribution >= 4 is 15.9 Å². The van der Waals surface area contributed by atoms with Crippen LogP contribution in [0.2, 0.25) is 0 Å². The van der Waals surface area contributed by atoms with Gasteiger partial charge < -0.3 is 5.32 Å². The van der Waals surface area contributed by atoms with Gasteiger partial charge >= 0.3 is 0 Å². The average molecular weight is 353 g/mol. The predicted octanol–water partition coefficient (Wildman–Crippen LogP) is 2.56. The van der Waals surface area contributed by atoms with E-state index in [1.807, 2.05) is 19.1 Å². The van der Waals surface area contributed by atoms with Crippen molar-refractivity contribution in [3.63, 3.8) is 0 Å². The Morgan fingerprint density at radius 1 is 1.21 bits per heavy atom. The number of amides is 1. The Morgan fingerprint density at radius 2 is 1.79 bits per heavy atom. The SMILES string of the molecule is Cc1ccc(S(=O)(=O)N2CCC(C(=O)NCCC(C)C)CC2)cc1. The second-order valence-electron chi connectivity index (χ2n) is 6.96. The second-order valence-corrected chi connectivity index (χ2v) is 8.90. The Morgan fingerprint density at radius 3 is 2.33 bits per heavy atom. The molecule has 0 spiro atoms. The van der Waals surface area contributed by atoms with Gasteiger partial charge in [0, 0.05) is 25.6 Å². The molecule has 0 atom stereocenters. The molecule has 0 bridgehead atoms. The van der Waals surface area contributed by atoms with E-state index < -0.39 is 10.0 Å². The van der Waals surface area contributed by atoms with Crippen molar-refractivity contribution in [2.75, 3.05) is 19.6 Å². The fraction of sp³-hybridized carbons (Fsp3) is 0.611. The van der Waals surface area contributed by atoms with E-state index in [0.717, 1.165) is 12.0 Å². The lowest BCUT2D eigenvalue weighted by Gasteiger charge is -2.30. The number of hydrogen-bond donors (Lipinski definition) is 1. The van der Waals surface area contributed by atoms with Crippen LogP contribution in [0.25, 0.3) is 0 Å². The summed E-state index contributed by atoms with van der Waals surface area (Å²) in [4.78, 5) is 12.5. The minimum Gasteiger partial charge on any atom is -0.356 e. The standard InChI is InChI=1S/C18H28N2O3S/c1-14(2)8-11-19-18(21)16-9-12-20(13-10-16)24(22,23)17-6-4-15(3)5-7-17/h4-7,14,16H,8-13H2,1-3H3,(H,19,21). The zero-order valence-corrected chi connectivity index (χ0v) is 15.6. The highest BCUT2D eigenvalue weighted by atomic mass is 32.2. The van der Waals surface area contributed by atoms with Gasteiger partial charge in [0.25, 0.3) is 0 Å². The summed E-state index contributed by atoms with van der Waals surface area (Å²) in [5.41, 5.74) is 1.03. The average Bonchev–Trinajstić information content (AvgIpc) is 2.55. The summed E-state index contributed by atoms with van der Waals surface area (Å²) in [6.45, 7) is 7.68. The Hall–Kier alpha value is -1.40. The fourth-order valence-corrected chi connectivity index (χ4v) is 4.32. The van der Waals surface area contributed by atoms with Crippen molar-refractivity contribution in [1.82, 2.24) is 9.62 Å². The second kappa shape index (κ2) is 8.12. The number of hydrogen-bond acceptors (Lipinski definition) is 3. The Bertz CT molecular complexity index is 645. The molecule has 1 aromatic carbocycles.